The van der Waals surface area contributed by atoms with Crippen LogP contribution >= 0.6 is 0 Å². The van der Waals surface area contributed by atoms with E-state index in [1.54, 1.807) is 13.0 Å². The van der Waals surface area contributed by atoms with Crippen molar-refractivity contribution in [1.82, 2.24) is 24.3 Å². The van der Waals surface area contributed by atoms with Crippen molar-refractivity contribution in [1.29, 1.82) is 0 Å². The monoisotopic (exact) mass is 325 g/mol. The van der Waals surface area contributed by atoms with E-state index in [0.29, 0.717) is 24.5 Å². The van der Waals surface area contributed by atoms with Crippen LogP contribution in [0, 0.1) is 6.92 Å². The molecule has 0 aromatic carbocycles. The van der Waals surface area contributed by atoms with E-state index in [-0.39, 0.29) is 5.91 Å². The molecular formula is C17H19N5O2. The zero-order chi connectivity index (χ0) is 16.5. The summed E-state index contributed by atoms with van der Waals surface area (Å²) in [6.07, 6.45) is 4.06. The van der Waals surface area contributed by atoms with E-state index in [1.807, 2.05) is 33.7 Å². The Morgan fingerprint density at radius 2 is 2.08 bits per heavy atom. The molecular weight excluding hydrogens is 306 g/mol. The normalized spacial score (nSPS) is 16.0. The van der Waals surface area contributed by atoms with Gasteiger partial charge in [-0.05, 0) is 19.1 Å². The third-order valence-electron chi connectivity index (χ3n) is 4.31. The topological polar surface area (TPSA) is 66.9 Å². The number of imidazole rings is 1. The Bertz CT molecular complexity index is 828. The number of pyridine rings is 1. The van der Waals surface area contributed by atoms with Crippen LogP contribution in [0.5, 0.6) is 0 Å². The predicted octanol–water partition coefficient (Wildman–Crippen LogP) is 1.59. The highest BCUT2D eigenvalue weighted by molar-refractivity contribution is 5.92. The number of nitrogens with zero attached hydrogens (tertiary/aromatic N) is 5. The number of amides is 1. The Hall–Kier alpha value is -2.67. The maximum Gasteiger partial charge on any atom is 0.276 e. The summed E-state index contributed by atoms with van der Waals surface area (Å²) in [7, 11) is 0. The molecule has 7 heteroatoms. The minimum atomic E-state index is -0.0563. The lowest BCUT2D eigenvalue weighted by Gasteiger charge is -2.33. The van der Waals surface area contributed by atoms with E-state index in [9.17, 15) is 4.79 Å². The van der Waals surface area contributed by atoms with Crippen LogP contribution < -0.4 is 0 Å². The molecule has 0 aliphatic carbocycles. The van der Waals surface area contributed by atoms with Gasteiger partial charge in [0.05, 0.1) is 5.69 Å². The molecule has 1 aliphatic rings. The second-order valence-corrected chi connectivity index (χ2v) is 6.09. The number of hydrogen-bond acceptors (Lipinski definition) is 5. The summed E-state index contributed by atoms with van der Waals surface area (Å²) in [5.41, 5.74) is 2.40. The van der Waals surface area contributed by atoms with Crippen LogP contribution in [0.25, 0.3) is 5.65 Å². The van der Waals surface area contributed by atoms with E-state index < -0.39 is 0 Å². The van der Waals surface area contributed by atoms with E-state index in [2.05, 4.69) is 21.2 Å². The third-order valence-corrected chi connectivity index (χ3v) is 4.31. The van der Waals surface area contributed by atoms with Crippen LogP contribution in [0.3, 0.4) is 0 Å². The van der Waals surface area contributed by atoms with E-state index in [0.717, 1.165) is 31.0 Å². The Balaban J connectivity index is 1.36. The minimum Gasteiger partial charge on any atom is -0.361 e. The summed E-state index contributed by atoms with van der Waals surface area (Å²) in [5, 5.41) is 3.81. The van der Waals surface area contributed by atoms with Gasteiger partial charge in [-0.25, -0.2) is 4.98 Å². The molecule has 1 amide bonds. The van der Waals surface area contributed by atoms with Crippen molar-refractivity contribution in [3.05, 3.63) is 53.8 Å². The Morgan fingerprint density at radius 1 is 1.25 bits per heavy atom. The van der Waals surface area contributed by atoms with Gasteiger partial charge in [-0.1, -0.05) is 11.2 Å². The number of carbonyl (C=O) groups is 1. The molecule has 0 saturated carbocycles. The number of aromatic nitrogens is 3. The summed E-state index contributed by atoms with van der Waals surface area (Å²) in [6, 6.07) is 7.67. The van der Waals surface area contributed by atoms with Gasteiger partial charge in [0.2, 0.25) is 0 Å². The fourth-order valence-electron chi connectivity index (χ4n) is 3.03. The smallest absolute Gasteiger partial charge is 0.276 e. The molecule has 0 radical (unpaired) electrons. The van der Waals surface area contributed by atoms with Crippen LogP contribution in [0.2, 0.25) is 0 Å². The summed E-state index contributed by atoms with van der Waals surface area (Å²) < 4.78 is 7.02. The van der Waals surface area contributed by atoms with Crippen molar-refractivity contribution in [3.63, 3.8) is 0 Å². The maximum atomic E-state index is 12.4. The average Bonchev–Trinajstić information content (AvgIpc) is 3.20. The van der Waals surface area contributed by atoms with Crippen molar-refractivity contribution < 1.29 is 9.32 Å². The zero-order valence-electron chi connectivity index (χ0n) is 13.6. The first kappa shape index (κ1) is 14.9. The highest BCUT2D eigenvalue weighted by Crippen LogP contribution is 2.12. The van der Waals surface area contributed by atoms with Crippen molar-refractivity contribution in [2.24, 2.45) is 0 Å². The first-order valence-corrected chi connectivity index (χ1v) is 8.06. The van der Waals surface area contributed by atoms with Gasteiger partial charge in [-0.15, -0.1) is 0 Å². The van der Waals surface area contributed by atoms with E-state index in [4.69, 9.17) is 4.52 Å². The fraction of sp³-hybridized carbons (Fsp3) is 0.353. The first-order valence-electron chi connectivity index (χ1n) is 8.06. The molecule has 0 unspecified atom stereocenters. The Labute approximate surface area is 139 Å². The van der Waals surface area contributed by atoms with Gasteiger partial charge in [0, 0.05) is 51.2 Å². The summed E-state index contributed by atoms with van der Waals surface area (Å²) in [5.74, 6) is 0.600. The summed E-state index contributed by atoms with van der Waals surface area (Å²) >= 11 is 0. The van der Waals surface area contributed by atoms with Crippen LogP contribution in [0.4, 0.5) is 0 Å². The highest BCUT2D eigenvalue weighted by Gasteiger charge is 2.24. The van der Waals surface area contributed by atoms with Gasteiger partial charge in [-0.2, -0.15) is 0 Å². The molecule has 1 aliphatic heterocycles. The Kier molecular flexibility index (Phi) is 3.78. The van der Waals surface area contributed by atoms with Crippen molar-refractivity contribution in [3.8, 4) is 0 Å². The van der Waals surface area contributed by atoms with Gasteiger partial charge in [0.1, 0.15) is 11.4 Å². The van der Waals surface area contributed by atoms with Crippen molar-refractivity contribution in [2.45, 2.75) is 13.5 Å². The van der Waals surface area contributed by atoms with Crippen LogP contribution in [0.15, 0.2) is 41.2 Å². The summed E-state index contributed by atoms with van der Waals surface area (Å²) in [4.78, 5) is 21.1. The Morgan fingerprint density at radius 3 is 2.79 bits per heavy atom. The number of fused-ring (bicyclic) bond motifs is 1. The quantitative estimate of drug-likeness (QED) is 0.731. The molecule has 0 atom stereocenters. The molecule has 4 heterocycles. The van der Waals surface area contributed by atoms with Gasteiger partial charge < -0.3 is 13.8 Å². The number of aryl methyl sites for hydroxylation is 1. The molecule has 124 valence electrons. The molecule has 3 aromatic heterocycles. The van der Waals surface area contributed by atoms with Crippen molar-refractivity contribution >= 4 is 11.6 Å². The third kappa shape index (κ3) is 2.90. The number of rotatable bonds is 3. The minimum absolute atomic E-state index is 0.0563. The second-order valence-electron chi connectivity index (χ2n) is 6.09. The van der Waals surface area contributed by atoms with Crippen molar-refractivity contribution in [2.75, 3.05) is 26.2 Å². The fourth-order valence-corrected chi connectivity index (χ4v) is 3.03. The molecule has 0 spiro atoms. The largest absolute Gasteiger partial charge is 0.361 e. The standard InChI is InChI=1S/C17H19N5O2/c1-13-10-15(19-24-13)17(23)21-8-6-20(7-9-21)11-14-12-22-5-3-2-4-16(22)18-14/h2-5,10,12H,6-9,11H2,1H3. The number of piperazine rings is 1. The number of hydrogen-bond donors (Lipinski definition) is 0. The van der Waals surface area contributed by atoms with Gasteiger partial charge in [0.25, 0.3) is 5.91 Å². The van der Waals surface area contributed by atoms with Crippen LogP contribution in [-0.4, -0.2) is 56.4 Å². The molecule has 1 saturated heterocycles. The maximum absolute atomic E-state index is 12.4. The second kappa shape index (κ2) is 6.09. The molecule has 7 nitrogen and oxygen atoms in total. The average molecular weight is 325 g/mol. The molecule has 4 rings (SSSR count). The van der Waals surface area contributed by atoms with E-state index in [1.165, 1.54) is 0 Å². The summed E-state index contributed by atoms with van der Waals surface area (Å²) in [6.45, 7) is 5.63. The molecule has 24 heavy (non-hydrogen) atoms. The van der Waals surface area contributed by atoms with E-state index >= 15 is 0 Å². The molecule has 0 N–H and O–H groups in total. The van der Waals surface area contributed by atoms with Crippen LogP contribution in [0.1, 0.15) is 21.9 Å². The van der Waals surface area contributed by atoms with Gasteiger partial charge >= 0.3 is 0 Å². The number of carbonyl (C=O) groups excluding carboxylic acids is 1. The van der Waals surface area contributed by atoms with Gasteiger partial charge in [0.15, 0.2) is 5.69 Å². The zero-order valence-corrected chi connectivity index (χ0v) is 13.6. The molecule has 3 aromatic rings. The lowest BCUT2D eigenvalue weighted by Crippen LogP contribution is -2.48. The SMILES string of the molecule is Cc1cc(C(=O)N2CCN(Cc3cn4ccccc4n3)CC2)no1. The lowest BCUT2D eigenvalue weighted by molar-refractivity contribution is 0.0617. The van der Waals surface area contributed by atoms with Crippen LogP contribution in [-0.2, 0) is 6.54 Å². The van der Waals surface area contributed by atoms with Gasteiger partial charge in [-0.3, -0.25) is 9.69 Å². The predicted molar refractivity (Wildman–Crippen MR) is 87.6 cm³/mol. The molecule has 0 bridgehead atoms. The highest BCUT2D eigenvalue weighted by atomic mass is 16.5. The molecule has 1 fully saturated rings. The first-order chi connectivity index (χ1) is 11.7. The lowest BCUT2D eigenvalue weighted by atomic mass is 10.2.